The Morgan fingerprint density at radius 3 is 1.17 bits per heavy atom. The van der Waals surface area contributed by atoms with Crippen LogP contribution in [0.3, 0.4) is 0 Å². The average molecular weight is 127 g/mol. The molecule has 0 amide bonds. The van der Waals surface area contributed by atoms with Crippen LogP contribution < -0.4 is 18.9 Å². The molecule has 0 radical (unpaired) electrons. The van der Waals surface area contributed by atoms with Crippen molar-refractivity contribution in [1.82, 2.24) is 0 Å². The van der Waals surface area contributed by atoms with Gasteiger partial charge in [-0.15, -0.1) is 0 Å². The summed E-state index contributed by atoms with van der Waals surface area (Å²) in [6, 6.07) is 0. The molecule has 0 saturated carbocycles. The molecule has 0 aliphatic heterocycles. The molecule has 0 heterocycles. The van der Waals surface area contributed by atoms with E-state index in [9.17, 15) is 8.63 Å². The Kier molecular flexibility index (Phi) is 5.33. The Balaban J connectivity index is 0. The predicted molar refractivity (Wildman–Crippen MR) is 19.7 cm³/mol. The zero-order chi connectivity index (χ0) is 4.50. The van der Waals surface area contributed by atoms with E-state index in [-0.39, 0.29) is 18.9 Å². The van der Waals surface area contributed by atoms with Gasteiger partial charge < -0.3 is 8.63 Å². The molecule has 0 rings (SSSR count). The summed E-state index contributed by atoms with van der Waals surface area (Å²) in [6.07, 6.45) is 0. The van der Waals surface area contributed by atoms with Crippen LogP contribution >= 0.6 is 22.9 Å². The summed E-state index contributed by atoms with van der Waals surface area (Å²) >= 11 is 8.05. The van der Waals surface area contributed by atoms with Gasteiger partial charge in [-0.3, -0.25) is 22.9 Å². The van der Waals surface area contributed by atoms with Gasteiger partial charge in [-0.25, -0.2) is 0 Å². The van der Waals surface area contributed by atoms with Crippen molar-refractivity contribution in [3.05, 3.63) is 0 Å². The van der Waals surface area contributed by atoms with Gasteiger partial charge in [-0.1, -0.05) is 0 Å². The van der Waals surface area contributed by atoms with E-state index < -0.39 is 5.53 Å². The molecule has 6 heteroatoms. The zero-order valence-corrected chi connectivity index (χ0v) is 4.60. The molecular weight excluding hydrogens is 127 g/mol. The third-order valence-electron chi connectivity index (χ3n) is 0. The molecule has 32 valence electrons. The van der Waals surface area contributed by atoms with Crippen LogP contribution in [0, 0.1) is 0 Å². The van der Waals surface area contributed by atoms with Crippen LogP contribution in [-0.2, 0) is 0 Å². The summed E-state index contributed by atoms with van der Waals surface area (Å²) in [5.41, 5.74) is -4.06. The van der Waals surface area contributed by atoms with Gasteiger partial charge in [-0.05, 0) is 0 Å². The fourth-order valence-corrected chi connectivity index (χ4v) is 0. The summed E-state index contributed by atoms with van der Waals surface area (Å²) in [4.78, 5) is 0. The van der Waals surface area contributed by atoms with Crippen LogP contribution in [0.5, 0.6) is 0 Å². The van der Waals surface area contributed by atoms with E-state index in [1.54, 1.807) is 0 Å². The van der Waals surface area contributed by atoms with E-state index in [4.69, 9.17) is 0 Å². The van der Waals surface area contributed by atoms with Crippen molar-refractivity contribution < 1.29 is 27.5 Å². The van der Waals surface area contributed by atoms with E-state index >= 15 is 0 Å². The monoisotopic (exact) mass is 126 g/mol. The SMILES string of the molecule is F[B-](F)(Cl)Cl.[Li+]. The molecule has 0 fully saturated rings. The van der Waals surface area contributed by atoms with E-state index in [0.29, 0.717) is 0 Å². The number of rotatable bonds is 0. The van der Waals surface area contributed by atoms with Gasteiger partial charge in [0.25, 0.3) is 0 Å². The molecule has 0 aromatic rings. The summed E-state index contributed by atoms with van der Waals surface area (Å²) in [7, 11) is 0. The molecule has 0 aliphatic rings. The van der Waals surface area contributed by atoms with E-state index in [0.717, 1.165) is 0 Å². The normalized spacial score (nSPS) is 10.0. The quantitative estimate of drug-likeness (QED) is 0.360. The summed E-state index contributed by atoms with van der Waals surface area (Å²) in [6.45, 7) is 0. The smallest absolute Gasteiger partial charge is 0.450 e. The van der Waals surface area contributed by atoms with Gasteiger partial charge in [-0.2, -0.15) is 0 Å². The van der Waals surface area contributed by atoms with Crippen molar-refractivity contribution in [2.75, 3.05) is 0 Å². The van der Waals surface area contributed by atoms with E-state index in [1.165, 1.54) is 0 Å². The van der Waals surface area contributed by atoms with Crippen LogP contribution in [0.15, 0.2) is 0 Å². The Labute approximate surface area is 56.2 Å². The summed E-state index contributed by atoms with van der Waals surface area (Å²) in [5.74, 6) is 0. The van der Waals surface area contributed by atoms with Crippen molar-refractivity contribution in [3.63, 3.8) is 0 Å². The molecule has 0 bridgehead atoms. The van der Waals surface area contributed by atoms with Gasteiger partial charge >= 0.3 is 24.4 Å². The molecule has 0 aromatic carbocycles. The van der Waals surface area contributed by atoms with Crippen molar-refractivity contribution in [2.24, 2.45) is 0 Å². The van der Waals surface area contributed by atoms with Crippen LogP contribution in [-0.4, -0.2) is 5.53 Å². The van der Waals surface area contributed by atoms with Gasteiger partial charge in [0.2, 0.25) is 0 Å². The van der Waals surface area contributed by atoms with Gasteiger partial charge in [0.05, 0.1) is 0 Å². The molecule has 0 atom stereocenters. The van der Waals surface area contributed by atoms with Crippen molar-refractivity contribution in [3.8, 4) is 0 Å². The molecule has 6 heavy (non-hydrogen) atoms. The van der Waals surface area contributed by atoms with E-state index in [1.807, 2.05) is 0 Å². The first-order chi connectivity index (χ1) is 2.00. The van der Waals surface area contributed by atoms with Crippen LogP contribution in [0.25, 0.3) is 0 Å². The molecule has 0 unspecified atom stereocenters. The second-order valence-corrected chi connectivity index (χ2v) is 1.81. The maximum absolute atomic E-state index is 10.6. The molecule has 0 aromatic heterocycles. The topological polar surface area (TPSA) is 0 Å². The Morgan fingerprint density at radius 2 is 1.17 bits per heavy atom. The minimum absolute atomic E-state index is 0. The van der Waals surface area contributed by atoms with Crippen molar-refractivity contribution in [2.45, 2.75) is 0 Å². The summed E-state index contributed by atoms with van der Waals surface area (Å²) in [5, 5.41) is 0. The fourth-order valence-electron chi connectivity index (χ4n) is 0. The Hall–Kier alpha value is 1.10. The van der Waals surface area contributed by atoms with Crippen molar-refractivity contribution >= 4 is 28.5 Å². The number of halogens is 4. The van der Waals surface area contributed by atoms with Crippen LogP contribution in [0.4, 0.5) is 8.63 Å². The first-order valence-electron chi connectivity index (χ1n) is 0.873. The van der Waals surface area contributed by atoms with Crippen molar-refractivity contribution in [1.29, 1.82) is 0 Å². The third kappa shape index (κ3) is 70.7. The van der Waals surface area contributed by atoms with E-state index in [2.05, 4.69) is 22.9 Å². The Bertz CT molecular complexity index is 27.0. The Morgan fingerprint density at radius 1 is 1.17 bits per heavy atom. The standard InChI is InChI=1S/BCl2F2.Li/c2-1(3,4)5;/q-1;+1. The first kappa shape index (κ1) is 10.2. The third-order valence-corrected chi connectivity index (χ3v) is 0. The number of hydrogen-bond donors (Lipinski definition) is 0. The minimum Gasteiger partial charge on any atom is -0.450 e. The van der Waals surface area contributed by atoms with Crippen LogP contribution in [0.2, 0.25) is 0 Å². The zero-order valence-electron chi connectivity index (χ0n) is 3.09. The maximum Gasteiger partial charge on any atom is 1.00 e. The van der Waals surface area contributed by atoms with Gasteiger partial charge in [0, 0.05) is 0 Å². The molecule has 0 aliphatic carbocycles. The maximum atomic E-state index is 10.6. The minimum atomic E-state index is -4.06. The predicted octanol–water partition coefficient (Wildman–Crippen LogP) is -1.16. The molecule has 0 N–H and O–H groups in total. The average Bonchev–Trinajstić information content (AvgIpc) is 0.722. The largest absolute Gasteiger partial charge is 1.00 e. The molecular formula is BCl2F2Li. The van der Waals surface area contributed by atoms with Crippen LogP contribution in [0.1, 0.15) is 0 Å². The molecule has 0 saturated heterocycles. The van der Waals surface area contributed by atoms with Gasteiger partial charge in [0.1, 0.15) is 0 Å². The molecule has 0 nitrogen and oxygen atoms in total. The second-order valence-electron chi connectivity index (χ2n) is 0.495. The second kappa shape index (κ2) is 3.15. The first-order valence-corrected chi connectivity index (χ1v) is 1.75. The van der Waals surface area contributed by atoms with Gasteiger partial charge in [0.15, 0.2) is 0 Å². The fraction of sp³-hybridized carbons (Fsp3) is 0. The molecule has 0 spiro atoms. The summed E-state index contributed by atoms with van der Waals surface area (Å²) < 4.78 is 21.2. The number of hydrogen-bond acceptors (Lipinski definition) is 0.